The van der Waals surface area contributed by atoms with E-state index in [2.05, 4.69) is 5.32 Å². The minimum Gasteiger partial charge on any atom is -0.478 e. The molecule has 0 aromatic heterocycles. The van der Waals surface area contributed by atoms with Gasteiger partial charge in [0.05, 0.1) is 17.9 Å². The highest BCUT2D eigenvalue weighted by Crippen LogP contribution is 2.27. The summed E-state index contributed by atoms with van der Waals surface area (Å²) in [5, 5.41) is 21.1. The zero-order chi connectivity index (χ0) is 14.5. The third-order valence-electron chi connectivity index (χ3n) is 3.71. The first-order chi connectivity index (χ1) is 8.98. The smallest absolute Gasteiger partial charge is 0.335 e. The molecule has 0 aliphatic rings. The number of rotatable bonds is 7. The minimum atomic E-state index is -1.16. The molecule has 0 atom stereocenters. The number of anilines is 1. The molecule has 0 aliphatic carbocycles. The first kappa shape index (κ1) is 15.4. The van der Waals surface area contributed by atoms with E-state index in [9.17, 15) is 14.3 Å². The number of carboxylic acid groups (broad SMARTS) is 1. The third-order valence-corrected chi connectivity index (χ3v) is 3.71. The van der Waals surface area contributed by atoms with Crippen LogP contribution >= 0.6 is 0 Å². The Morgan fingerprint density at radius 2 is 2.00 bits per heavy atom. The Kier molecular flexibility index (Phi) is 5.30. The summed E-state index contributed by atoms with van der Waals surface area (Å²) in [5.41, 5.74) is -0.107. The molecule has 0 aliphatic heterocycles. The highest BCUT2D eigenvalue weighted by molar-refractivity contribution is 5.88. The predicted molar refractivity (Wildman–Crippen MR) is 71.9 cm³/mol. The summed E-state index contributed by atoms with van der Waals surface area (Å²) >= 11 is 0. The highest BCUT2D eigenvalue weighted by atomic mass is 19.1. The van der Waals surface area contributed by atoms with Crippen molar-refractivity contribution in [3.63, 3.8) is 0 Å². The maximum absolute atomic E-state index is 13.7. The van der Waals surface area contributed by atoms with Crippen molar-refractivity contribution in [1.29, 1.82) is 0 Å². The fourth-order valence-electron chi connectivity index (χ4n) is 1.85. The lowest BCUT2D eigenvalue weighted by Crippen LogP contribution is -2.32. The van der Waals surface area contributed by atoms with E-state index in [0.717, 1.165) is 18.9 Å². The highest BCUT2D eigenvalue weighted by Gasteiger charge is 2.25. The van der Waals surface area contributed by atoms with E-state index in [0.29, 0.717) is 6.54 Å². The lowest BCUT2D eigenvalue weighted by atomic mass is 9.83. The van der Waals surface area contributed by atoms with E-state index in [1.165, 1.54) is 12.1 Å². The van der Waals surface area contributed by atoms with Gasteiger partial charge in [0, 0.05) is 12.0 Å². The Bertz CT molecular complexity index is 436. The van der Waals surface area contributed by atoms with Crippen LogP contribution in [0.5, 0.6) is 0 Å². The summed E-state index contributed by atoms with van der Waals surface area (Å²) in [5.74, 6) is -1.75. The van der Waals surface area contributed by atoms with E-state index in [1.807, 2.05) is 13.8 Å². The molecule has 19 heavy (non-hydrogen) atoms. The van der Waals surface area contributed by atoms with Gasteiger partial charge < -0.3 is 15.5 Å². The van der Waals surface area contributed by atoms with Gasteiger partial charge in [0.2, 0.25) is 0 Å². The fraction of sp³-hybridized carbons (Fsp3) is 0.500. The van der Waals surface area contributed by atoms with Crippen LogP contribution in [0.1, 0.15) is 37.0 Å². The second-order valence-corrected chi connectivity index (χ2v) is 4.72. The van der Waals surface area contributed by atoms with Gasteiger partial charge in [-0.1, -0.05) is 13.8 Å². The van der Waals surface area contributed by atoms with E-state index in [-0.39, 0.29) is 23.3 Å². The Labute approximate surface area is 112 Å². The van der Waals surface area contributed by atoms with Crippen LogP contribution < -0.4 is 5.32 Å². The molecule has 0 unspecified atom stereocenters. The number of hydrogen-bond acceptors (Lipinski definition) is 3. The zero-order valence-electron chi connectivity index (χ0n) is 11.2. The van der Waals surface area contributed by atoms with E-state index < -0.39 is 11.8 Å². The van der Waals surface area contributed by atoms with Gasteiger partial charge in [-0.3, -0.25) is 0 Å². The van der Waals surface area contributed by atoms with Crippen LogP contribution in [0.25, 0.3) is 0 Å². The van der Waals surface area contributed by atoms with Gasteiger partial charge >= 0.3 is 5.97 Å². The topological polar surface area (TPSA) is 69.6 Å². The van der Waals surface area contributed by atoms with E-state index >= 15 is 0 Å². The molecule has 1 rings (SSSR count). The van der Waals surface area contributed by atoms with E-state index in [4.69, 9.17) is 5.11 Å². The number of carboxylic acids is 1. The van der Waals surface area contributed by atoms with Crippen LogP contribution in [0.3, 0.4) is 0 Å². The van der Waals surface area contributed by atoms with Crippen LogP contribution in [0.4, 0.5) is 10.1 Å². The number of halogens is 1. The SMILES string of the molecule is CCC(CC)(CO)CNc1ccc(C(=O)O)cc1F. The van der Waals surface area contributed by atoms with Crippen molar-refractivity contribution in [2.75, 3.05) is 18.5 Å². The quantitative estimate of drug-likeness (QED) is 0.712. The molecule has 5 heteroatoms. The maximum atomic E-state index is 13.7. The van der Waals surface area contributed by atoms with Crippen molar-refractivity contribution >= 4 is 11.7 Å². The van der Waals surface area contributed by atoms with Crippen molar-refractivity contribution in [2.45, 2.75) is 26.7 Å². The summed E-state index contributed by atoms with van der Waals surface area (Å²) in [4.78, 5) is 10.7. The summed E-state index contributed by atoms with van der Waals surface area (Å²) in [6.45, 7) is 4.43. The molecule has 106 valence electrons. The lowest BCUT2D eigenvalue weighted by Gasteiger charge is -2.30. The second-order valence-electron chi connectivity index (χ2n) is 4.72. The molecule has 0 spiro atoms. The van der Waals surface area contributed by atoms with Crippen molar-refractivity contribution in [3.8, 4) is 0 Å². The fourth-order valence-corrected chi connectivity index (χ4v) is 1.85. The molecule has 0 bridgehead atoms. The summed E-state index contributed by atoms with van der Waals surface area (Å²) < 4.78 is 13.7. The van der Waals surface area contributed by atoms with Crippen LogP contribution in [0.2, 0.25) is 0 Å². The molecule has 3 N–H and O–H groups in total. The number of aromatic carboxylic acids is 1. The van der Waals surface area contributed by atoms with Crippen LogP contribution in [0, 0.1) is 11.2 Å². The normalized spacial score (nSPS) is 11.4. The Hall–Kier alpha value is -1.62. The number of carbonyl (C=O) groups is 1. The standard InChI is InChI=1S/C14H20FNO3/c1-3-14(4-2,9-17)8-16-12-6-5-10(13(18)19)7-11(12)15/h5-7,16-17H,3-4,8-9H2,1-2H3,(H,18,19). The second kappa shape index (κ2) is 6.52. The molecule has 0 heterocycles. The molecular weight excluding hydrogens is 249 g/mol. The van der Waals surface area contributed by atoms with Gasteiger partial charge in [0.1, 0.15) is 5.82 Å². The Morgan fingerprint density at radius 3 is 2.42 bits per heavy atom. The third kappa shape index (κ3) is 3.67. The molecular formula is C14H20FNO3. The van der Waals surface area contributed by atoms with Crippen molar-refractivity contribution in [1.82, 2.24) is 0 Å². The van der Waals surface area contributed by atoms with Gasteiger partial charge in [-0.25, -0.2) is 9.18 Å². The lowest BCUT2D eigenvalue weighted by molar-refractivity contribution is 0.0696. The van der Waals surface area contributed by atoms with Gasteiger partial charge in [-0.2, -0.15) is 0 Å². The first-order valence-corrected chi connectivity index (χ1v) is 6.35. The van der Waals surface area contributed by atoms with Gasteiger partial charge in [-0.05, 0) is 31.0 Å². The molecule has 0 saturated heterocycles. The predicted octanol–water partition coefficient (Wildman–Crippen LogP) is 2.73. The number of hydrogen-bond donors (Lipinski definition) is 3. The molecule has 0 fully saturated rings. The Balaban J connectivity index is 2.80. The van der Waals surface area contributed by atoms with Gasteiger partial charge in [-0.15, -0.1) is 0 Å². The monoisotopic (exact) mass is 269 g/mol. The summed E-state index contributed by atoms with van der Waals surface area (Å²) in [6.07, 6.45) is 1.56. The van der Waals surface area contributed by atoms with Crippen molar-refractivity contribution in [2.24, 2.45) is 5.41 Å². The molecule has 4 nitrogen and oxygen atoms in total. The van der Waals surface area contributed by atoms with Gasteiger partial charge in [0.15, 0.2) is 0 Å². The molecule has 0 amide bonds. The zero-order valence-corrected chi connectivity index (χ0v) is 11.2. The molecule has 0 saturated carbocycles. The average molecular weight is 269 g/mol. The van der Waals surface area contributed by atoms with Crippen molar-refractivity contribution < 1.29 is 19.4 Å². The van der Waals surface area contributed by atoms with E-state index in [1.54, 1.807) is 0 Å². The van der Waals surface area contributed by atoms with Crippen molar-refractivity contribution in [3.05, 3.63) is 29.6 Å². The minimum absolute atomic E-state index is 0.0296. The number of aliphatic hydroxyl groups excluding tert-OH is 1. The molecule has 0 radical (unpaired) electrons. The maximum Gasteiger partial charge on any atom is 0.335 e. The summed E-state index contributed by atoms with van der Waals surface area (Å²) in [7, 11) is 0. The molecule has 1 aromatic carbocycles. The number of aliphatic hydroxyl groups is 1. The van der Waals surface area contributed by atoms with Crippen LogP contribution in [0.15, 0.2) is 18.2 Å². The van der Waals surface area contributed by atoms with Crippen LogP contribution in [-0.4, -0.2) is 29.3 Å². The van der Waals surface area contributed by atoms with Crippen LogP contribution in [-0.2, 0) is 0 Å². The summed E-state index contributed by atoms with van der Waals surface area (Å²) in [6, 6.07) is 3.75. The average Bonchev–Trinajstić information content (AvgIpc) is 2.42. The Morgan fingerprint density at radius 1 is 1.37 bits per heavy atom. The van der Waals surface area contributed by atoms with Gasteiger partial charge in [0.25, 0.3) is 0 Å². The number of benzene rings is 1. The number of nitrogens with one attached hydrogen (secondary N) is 1. The largest absolute Gasteiger partial charge is 0.478 e. The molecule has 1 aromatic rings. The first-order valence-electron chi connectivity index (χ1n) is 6.35.